The van der Waals surface area contributed by atoms with Crippen molar-refractivity contribution in [2.45, 2.75) is 138 Å². The SMILES string of the molecule is CCC.CCCC(CC1CC(=O)c2c(C)ccc(/C3=C/C=C(/CC4CCCC4)C/C=C\C=C/C3)c2C1)C(CC)C(=O)CC(C)=O. The number of hydrogen-bond donors (Lipinski definition) is 0. The highest BCUT2D eigenvalue weighted by atomic mass is 16.1. The van der Waals surface area contributed by atoms with Crippen LogP contribution in [0.3, 0.4) is 0 Å². The molecule has 3 nitrogen and oxygen atoms in total. The van der Waals surface area contributed by atoms with Gasteiger partial charge in [0.1, 0.15) is 11.6 Å². The minimum absolute atomic E-state index is 0.0294. The third-order valence-electron chi connectivity index (χ3n) is 9.90. The number of allylic oxidation sites excluding steroid dienone is 8. The van der Waals surface area contributed by atoms with Gasteiger partial charge in [-0.1, -0.05) is 127 Å². The van der Waals surface area contributed by atoms with Crippen molar-refractivity contribution in [1.29, 1.82) is 0 Å². The summed E-state index contributed by atoms with van der Waals surface area (Å²) in [5.74, 6) is 1.41. The number of benzene rings is 1. The second-order valence-electron chi connectivity index (χ2n) is 14.0. The fourth-order valence-electron chi connectivity index (χ4n) is 7.90. The molecule has 3 unspecified atom stereocenters. The lowest BCUT2D eigenvalue weighted by Crippen LogP contribution is -2.30. The molecule has 4 rings (SSSR count). The molecule has 0 bridgehead atoms. The van der Waals surface area contributed by atoms with Crippen molar-refractivity contribution < 1.29 is 14.4 Å². The zero-order valence-electron chi connectivity index (χ0n) is 29.3. The first-order chi connectivity index (χ1) is 21.7. The van der Waals surface area contributed by atoms with Crippen LogP contribution in [0.5, 0.6) is 0 Å². The molecule has 0 aliphatic heterocycles. The highest BCUT2D eigenvalue weighted by molar-refractivity contribution is 6.01. The van der Waals surface area contributed by atoms with Crippen LogP contribution in [-0.2, 0) is 16.0 Å². The Morgan fingerprint density at radius 3 is 2.24 bits per heavy atom. The average Bonchev–Trinajstić information content (AvgIpc) is 3.50. The summed E-state index contributed by atoms with van der Waals surface area (Å²) in [4.78, 5) is 38.5. The summed E-state index contributed by atoms with van der Waals surface area (Å²) < 4.78 is 0. The topological polar surface area (TPSA) is 51.2 Å². The van der Waals surface area contributed by atoms with Crippen LogP contribution in [0.1, 0.15) is 152 Å². The normalized spacial score (nSPS) is 23.7. The molecule has 1 fully saturated rings. The molecule has 0 spiro atoms. The predicted octanol–water partition coefficient (Wildman–Crippen LogP) is 11.3. The molecule has 0 radical (unpaired) electrons. The summed E-state index contributed by atoms with van der Waals surface area (Å²) in [6, 6.07) is 4.37. The van der Waals surface area contributed by atoms with Gasteiger partial charge in [-0.2, -0.15) is 0 Å². The molecule has 246 valence electrons. The van der Waals surface area contributed by atoms with Gasteiger partial charge in [-0.15, -0.1) is 0 Å². The van der Waals surface area contributed by atoms with E-state index >= 15 is 0 Å². The Morgan fingerprint density at radius 1 is 0.911 bits per heavy atom. The summed E-state index contributed by atoms with van der Waals surface area (Å²) in [6.07, 6.45) is 28.3. The minimum Gasteiger partial charge on any atom is -0.300 e. The molecule has 3 aliphatic carbocycles. The Bertz CT molecular complexity index is 1270. The van der Waals surface area contributed by atoms with Gasteiger partial charge in [-0.3, -0.25) is 14.4 Å². The molecule has 0 aromatic heterocycles. The molecule has 1 aromatic carbocycles. The second kappa shape index (κ2) is 19.0. The molecule has 0 N–H and O–H groups in total. The lowest BCUT2D eigenvalue weighted by molar-refractivity contribution is -0.129. The Hall–Kier alpha value is -2.81. The van der Waals surface area contributed by atoms with Crippen molar-refractivity contribution in [3.8, 4) is 0 Å². The van der Waals surface area contributed by atoms with E-state index in [4.69, 9.17) is 0 Å². The summed E-state index contributed by atoms with van der Waals surface area (Å²) >= 11 is 0. The van der Waals surface area contributed by atoms with Crippen molar-refractivity contribution in [2.24, 2.45) is 23.7 Å². The molecule has 1 aromatic rings. The quantitative estimate of drug-likeness (QED) is 0.221. The third-order valence-corrected chi connectivity index (χ3v) is 9.90. The molecule has 3 atom stereocenters. The Labute approximate surface area is 274 Å². The number of ketones is 3. The van der Waals surface area contributed by atoms with E-state index < -0.39 is 0 Å². The molecule has 0 saturated heterocycles. The maximum atomic E-state index is 13.7. The Kier molecular flexibility index (Phi) is 15.5. The van der Waals surface area contributed by atoms with E-state index in [0.29, 0.717) is 6.42 Å². The van der Waals surface area contributed by atoms with Gasteiger partial charge in [0.25, 0.3) is 0 Å². The molecule has 45 heavy (non-hydrogen) atoms. The van der Waals surface area contributed by atoms with Crippen LogP contribution in [0.25, 0.3) is 5.57 Å². The Balaban J connectivity index is 0.00000177. The number of carbonyl (C=O) groups is 3. The highest BCUT2D eigenvalue weighted by Gasteiger charge is 2.34. The zero-order valence-corrected chi connectivity index (χ0v) is 29.3. The summed E-state index contributed by atoms with van der Waals surface area (Å²) in [6.45, 7) is 12.1. The van der Waals surface area contributed by atoms with Crippen molar-refractivity contribution in [2.75, 3.05) is 0 Å². The third kappa shape index (κ3) is 10.9. The van der Waals surface area contributed by atoms with Gasteiger partial charge >= 0.3 is 0 Å². The molecular formula is C42H60O3. The van der Waals surface area contributed by atoms with Crippen LogP contribution in [0.4, 0.5) is 0 Å². The van der Waals surface area contributed by atoms with Crippen molar-refractivity contribution in [3.63, 3.8) is 0 Å². The van der Waals surface area contributed by atoms with E-state index in [0.717, 1.165) is 62.0 Å². The van der Waals surface area contributed by atoms with Crippen LogP contribution in [0.2, 0.25) is 0 Å². The second-order valence-corrected chi connectivity index (χ2v) is 14.0. The zero-order chi connectivity index (χ0) is 32.8. The van der Waals surface area contributed by atoms with Gasteiger partial charge < -0.3 is 0 Å². The first kappa shape index (κ1) is 36.7. The van der Waals surface area contributed by atoms with E-state index in [2.05, 4.69) is 83.2 Å². The van der Waals surface area contributed by atoms with Crippen LogP contribution in [0.15, 0.2) is 54.2 Å². The van der Waals surface area contributed by atoms with Gasteiger partial charge in [-0.05, 0) is 92.4 Å². The summed E-state index contributed by atoms with van der Waals surface area (Å²) in [5.41, 5.74) is 7.19. The van der Waals surface area contributed by atoms with Gasteiger partial charge in [0.15, 0.2) is 5.78 Å². The fraction of sp³-hybridized carbons (Fsp3) is 0.595. The smallest absolute Gasteiger partial charge is 0.163 e. The average molecular weight is 613 g/mol. The van der Waals surface area contributed by atoms with Crippen LogP contribution < -0.4 is 0 Å². The van der Waals surface area contributed by atoms with Gasteiger partial charge in [0.2, 0.25) is 0 Å². The number of Topliss-reactive ketones (excluding diaryl/α,β-unsaturated/α-hetero) is 3. The fourth-order valence-corrected chi connectivity index (χ4v) is 7.90. The summed E-state index contributed by atoms with van der Waals surface area (Å²) in [5, 5.41) is 0. The van der Waals surface area contributed by atoms with E-state index in [1.54, 1.807) is 0 Å². The lowest BCUT2D eigenvalue weighted by Gasteiger charge is -2.33. The number of hydrogen-bond acceptors (Lipinski definition) is 3. The molecule has 0 heterocycles. The molecule has 3 heteroatoms. The van der Waals surface area contributed by atoms with Crippen molar-refractivity contribution in [1.82, 2.24) is 0 Å². The largest absolute Gasteiger partial charge is 0.300 e. The number of carbonyl (C=O) groups excluding carboxylic acids is 3. The minimum atomic E-state index is -0.107. The maximum Gasteiger partial charge on any atom is 0.163 e. The standard InChI is InChI=1S/C39H52O3.C3H8/c1-5-13-33(34(6-2)37(41)22-28(4)40)24-31-25-36-35(21-18-27(3)39(36)38(42)26-31)32-17-10-8-7-9-14-30(19-20-32)23-29-15-11-12-16-29;1-3-2/h7-10,18-21,29,31,33-34H,5-6,11-17,22-26H2,1-4H3;3H2,1-2H3/b9-7-,10-8-,30-19+,32-20+;. The van der Waals surface area contributed by atoms with E-state index in [9.17, 15) is 14.4 Å². The lowest BCUT2D eigenvalue weighted by atomic mass is 9.71. The predicted molar refractivity (Wildman–Crippen MR) is 191 cm³/mol. The highest BCUT2D eigenvalue weighted by Crippen LogP contribution is 2.40. The van der Waals surface area contributed by atoms with Crippen molar-refractivity contribution in [3.05, 3.63) is 76.4 Å². The van der Waals surface area contributed by atoms with E-state index in [1.165, 1.54) is 67.7 Å². The first-order valence-corrected chi connectivity index (χ1v) is 18.1. The van der Waals surface area contributed by atoms with Crippen LogP contribution in [-0.4, -0.2) is 17.3 Å². The maximum absolute atomic E-state index is 13.7. The van der Waals surface area contributed by atoms with Crippen LogP contribution >= 0.6 is 0 Å². The van der Waals surface area contributed by atoms with Gasteiger partial charge in [-0.25, -0.2) is 0 Å². The molecule has 1 saturated carbocycles. The number of fused-ring (bicyclic) bond motifs is 1. The summed E-state index contributed by atoms with van der Waals surface area (Å²) in [7, 11) is 0. The van der Waals surface area contributed by atoms with Gasteiger partial charge in [0, 0.05) is 17.9 Å². The molecule has 0 amide bonds. The Morgan fingerprint density at radius 2 is 1.60 bits per heavy atom. The van der Waals surface area contributed by atoms with Crippen molar-refractivity contribution >= 4 is 22.9 Å². The van der Waals surface area contributed by atoms with E-state index in [1.807, 2.05) is 0 Å². The monoisotopic (exact) mass is 612 g/mol. The first-order valence-electron chi connectivity index (χ1n) is 18.1. The van der Waals surface area contributed by atoms with Gasteiger partial charge in [0.05, 0.1) is 6.42 Å². The van der Waals surface area contributed by atoms with Crippen LogP contribution in [0, 0.1) is 30.6 Å². The molecular weight excluding hydrogens is 552 g/mol. The number of aryl methyl sites for hydroxylation is 1. The molecule has 3 aliphatic rings. The number of rotatable bonds is 12. The van der Waals surface area contributed by atoms with E-state index in [-0.39, 0.29) is 41.5 Å².